The van der Waals surface area contributed by atoms with Gasteiger partial charge in [0.25, 0.3) is 0 Å². The molecule has 2 aliphatic rings. The summed E-state index contributed by atoms with van der Waals surface area (Å²) in [5.74, 6) is 0.833. The fourth-order valence-corrected chi connectivity index (χ4v) is 6.58. The van der Waals surface area contributed by atoms with Gasteiger partial charge >= 0.3 is 0 Å². The molecule has 8 nitrogen and oxygen atoms in total. The number of alkyl halides is 1. The van der Waals surface area contributed by atoms with Crippen LogP contribution in [0.5, 0.6) is 0 Å². The standard InChI is InChI=1S/C14H15IN6O2S/c15-10-7-20(24(22,23)8-1-2-8)6-9(10)14-19-18-12-5-17-13-11(21(12)14)3-4-16-13/h3-5,8-10,16H,1-2,6-7H2/t9-,10+/m0/s1. The first-order chi connectivity index (χ1) is 11.6. The zero-order valence-electron chi connectivity index (χ0n) is 12.6. The van der Waals surface area contributed by atoms with Crippen molar-refractivity contribution in [3.05, 3.63) is 24.3 Å². The largest absolute Gasteiger partial charge is 0.345 e. The third kappa shape index (κ3) is 2.12. The first-order valence-corrected chi connectivity index (χ1v) is 10.6. The lowest BCUT2D eigenvalue weighted by molar-refractivity contribution is 0.470. The van der Waals surface area contributed by atoms with Gasteiger partial charge in [-0.15, -0.1) is 10.2 Å². The molecule has 0 bridgehead atoms. The highest BCUT2D eigenvalue weighted by atomic mass is 127. The molecule has 0 spiro atoms. The van der Waals surface area contributed by atoms with Gasteiger partial charge in [0, 0.05) is 29.1 Å². The van der Waals surface area contributed by atoms with E-state index in [9.17, 15) is 8.42 Å². The summed E-state index contributed by atoms with van der Waals surface area (Å²) in [6, 6.07) is 1.94. The number of aromatic nitrogens is 5. The Labute approximate surface area is 151 Å². The lowest BCUT2D eigenvalue weighted by Gasteiger charge is -2.15. The van der Waals surface area contributed by atoms with Gasteiger partial charge in [0.2, 0.25) is 10.0 Å². The molecule has 126 valence electrons. The molecule has 1 saturated heterocycles. The fraction of sp³-hybridized carbons (Fsp3) is 0.500. The summed E-state index contributed by atoms with van der Waals surface area (Å²) in [5.41, 5.74) is 2.37. The van der Waals surface area contributed by atoms with E-state index in [1.807, 2.05) is 16.7 Å². The Hall–Kier alpha value is -1.27. The number of fused-ring (bicyclic) bond motifs is 3. The molecule has 1 aliphatic carbocycles. The van der Waals surface area contributed by atoms with Crippen molar-refractivity contribution in [1.29, 1.82) is 0 Å². The van der Waals surface area contributed by atoms with Crippen molar-refractivity contribution in [3.8, 4) is 0 Å². The summed E-state index contributed by atoms with van der Waals surface area (Å²) in [5, 5.41) is 8.42. The maximum atomic E-state index is 12.6. The highest BCUT2D eigenvalue weighted by molar-refractivity contribution is 14.1. The van der Waals surface area contributed by atoms with Crippen molar-refractivity contribution in [1.82, 2.24) is 28.9 Å². The summed E-state index contributed by atoms with van der Waals surface area (Å²) in [6.07, 6.45) is 5.10. The molecule has 1 N–H and O–H groups in total. The smallest absolute Gasteiger partial charge is 0.217 e. The number of nitrogens with one attached hydrogen (secondary N) is 1. The van der Waals surface area contributed by atoms with Gasteiger partial charge in [-0.2, -0.15) is 4.31 Å². The van der Waals surface area contributed by atoms with Crippen molar-refractivity contribution in [2.45, 2.75) is 27.9 Å². The van der Waals surface area contributed by atoms with Crippen LogP contribution in [0.3, 0.4) is 0 Å². The highest BCUT2D eigenvalue weighted by Crippen LogP contribution is 2.39. The van der Waals surface area contributed by atoms with E-state index >= 15 is 0 Å². The zero-order chi connectivity index (χ0) is 16.5. The predicted octanol–water partition coefficient (Wildman–Crippen LogP) is 1.30. The second kappa shape index (κ2) is 5.11. The monoisotopic (exact) mass is 458 g/mol. The number of halogens is 1. The van der Waals surface area contributed by atoms with E-state index < -0.39 is 10.0 Å². The summed E-state index contributed by atoms with van der Waals surface area (Å²) in [4.78, 5) is 7.42. The van der Waals surface area contributed by atoms with Crippen LogP contribution in [0.4, 0.5) is 0 Å². The third-order valence-electron chi connectivity index (χ3n) is 4.82. The SMILES string of the molecule is O=S(=O)(C1CC1)N1C[C@@H](I)[C@@H](c2nnc3cnc4[nH]ccc4n23)C1. The van der Waals surface area contributed by atoms with E-state index in [4.69, 9.17) is 0 Å². The first-order valence-electron chi connectivity index (χ1n) is 7.86. The van der Waals surface area contributed by atoms with E-state index in [1.54, 1.807) is 10.5 Å². The van der Waals surface area contributed by atoms with Gasteiger partial charge < -0.3 is 4.98 Å². The van der Waals surface area contributed by atoms with Crippen LogP contribution < -0.4 is 0 Å². The Morgan fingerprint density at radius 2 is 2.08 bits per heavy atom. The Morgan fingerprint density at radius 3 is 2.88 bits per heavy atom. The lowest BCUT2D eigenvalue weighted by atomic mass is 10.1. The van der Waals surface area contributed by atoms with Crippen LogP contribution in [-0.2, 0) is 10.0 Å². The van der Waals surface area contributed by atoms with E-state index in [1.165, 1.54) is 0 Å². The molecule has 4 heterocycles. The molecule has 0 radical (unpaired) electrons. The zero-order valence-corrected chi connectivity index (χ0v) is 15.6. The fourth-order valence-electron chi connectivity index (χ4n) is 3.40. The van der Waals surface area contributed by atoms with Crippen LogP contribution >= 0.6 is 22.6 Å². The van der Waals surface area contributed by atoms with E-state index in [2.05, 4.69) is 42.8 Å². The molecule has 3 aromatic heterocycles. The molecule has 0 amide bonds. The highest BCUT2D eigenvalue weighted by Gasteiger charge is 2.46. The molecule has 1 aliphatic heterocycles. The van der Waals surface area contributed by atoms with Gasteiger partial charge in [0.05, 0.1) is 17.0 Å². The Bertz CT molecular complexity index is 1040. The number of hydrogen-bond donors (Lipinski definition) is 1. The number of aromatic amines is 1. The minimum absolute atomic E-state index is 0.0228. The minimum Gasteiger partial charge on any atom is -0.345 e. The van der Waals surface area contributed by atoms with Gasteiger partial charge in [0.15, 0.2) is 11.3 Å². The Balaban J connectivity index is 1.59. The van der Waals surface area contributed by atoms with Gasteiger partial charge in [-0.1, -0.05) is 22.6 Å². The van der Waals surface area contributed by atoms with Crippen LogP contribution in [0, 0.1) is 0 Å². The Morgan fingerprint density at radius 1 is 1.25 bits per heavy atom. The number of H-pyrrole nitrogens is 1. The Kier molecular flexibility index (Phi) is 3.20. The molecule has 24 heavy (non-hydrogen) atoms. The van der Waals surface area contributed by atoms with Gasteiger partial charge in [-0.05, 0) is 18.9 Å². The van der Waals surface area contributed by atoms with E-state index in [0.29, 0.717) is 18.7 Å². The minimum atomic E-state index is -3.15. The first kappa shape index (κ1) is 15.0. The average molecular weight is 458 g/mol. The number of nitrogens with zero attached hydrogens (tertiary/aromatic N) is 5. The van der Waals surface area contributed by atoms with Gasteiger partial charge in [0.1, 0.15) is 5.82 Å². The van der Waals surface area contributed by atoms with Crippen molar-refractivity contribution in [3.63, 3.8) is 0 Å². The molecule has 3 aromatic rings. The van der Waals surface area contributed by atoms with Crippen LogP contribution in [-0.4, -0.2) is 59.6 Å². The van der Waals surface area contributed by atoms with Gasteiger partial charge in [-0.25, -0.2) is 13.4 Å². The summed E-state index contributed by atoms with van der Waals surface area (Å²) < 4.78 is 28.9. The number of rotatable bonds is 3. The maximum absolute atomic E-state index is 12.6. The lowest BCUT2D eigenvalue weighted by Crippen LogP contribution is -2.32. The summed E-state index contributed by atoms with van der Waals surface area (Å²) >= 11 is 2.34. The summed E-state index contributed by atoms with van der Waals surface area (Å²) in [7, 11) is -3.15. The average Bonchev–Trinajstić information content (AvgIpc) is 3.00. The molecule has 2 atom stereocenters. The van der Waals surface area contributed by atoms with Crippen LogP contribution in [0.15, 0.2) is 18.5 Å². The maximum Gasteiger partial charge on any atom is 0.217 e. The predicted molar refractivity (Wildman–Crippen MR) is 96.7 cm³/mol. The number of hydrogen-bond acceptors (Lipinski definition) is 5. The number of sulfonamides is 1. The molecule has 0 aromatic carbocycles. The molecular weight excluding hydrogens is 443 g/mol. The molecule has 10 heteroatoms. The van der Waals surface area contributed by atoms with Crippen molar-refractivity contribution in [2.24, 2.45) is 0 Å². The molecule has 1 saturated carbocycles. The van der Waals surface area contributed by atoms with E-state index in [0.717, 1.165) is 29.8 Å². The molecule has 5 rings (SSSR count). The van der Waals surface area contributed by atoms with Crippen LogP contribution in [0.2, 0.25) is 0 Å². The van der Waals surface area contributed by atoms with Crippen molar-refractivity contribution >= 4 is 49.4 Å². The second-order valence-electron chi connectivity index (χ2n) is 6.41. The second-order valence-corrected chi connectivity index (χ2v) is 10.2. The third-order valence-corrected chi connectivity index (χ3v) is 8.41. The van der Waals surface area contributed by atoms with E-state index in [-0.39, 0.29) is 15.1 Å². The summed E-state index contributed by atoms with van der Waals surface area (Å²) in [6.45, 7) is 1.02. The quantitative estimate of drug-likeness (QED) is 0.472. The van der Waals surface area contributed by atoms with Crippen molar-refractivity contribution in [2.75, 3.05) is 13.1 Å². The molecule has 2 fully saturated rings. The molecular formula is C14H15IN6O2S. The van der Waals surface area contributed by atoms with Gasteiger partial charge in [-0.3, -0.25) is 4.40 Å². The topological polar surface area (TPSA) is 96.2 Å². The normalized spacial score (nSPS) is 25.9. The molecule has 0 unspecified atom stereocenters. The van der Waals surface area contributed by atoms with Crippen molar-refractivity contribution < 1.29 is 8.42 Å². The van der Waals surface area contributed by atoms with Crippen LogP contribution in [0.25, 0.3) is 16.8 Å². The van der Waals surface area contributed by atoms with Crippen LogP contribution in [0.1, 0.15) is 24.6 Å².